The number of nitrogen functional groups attached to an aromatic ring is 1. The summed E-state index contributed by atoms with van der Waals surface area (Å²) in [4.78, 5) is 19.3. The van der Waals surface area contributed by atoms with E-state index in [1.165, 1.54) is 0 Å². The normalized spacial score (nSPS) is 10.3. The van der Waals surface area contributed by atoms with Gasteiger partial charge in [0.25, 0.3) is 5.91 Å². The van der Waals surface area contributed by atoms with Crippen molar-refractivity contribution in [3.63, 3.8) is 0 Å². The molecule has 0 spiro atoms. The van der Waals surface area contributed by atoms with Crippen molar-refractivity contribution in [3.05, 3.63) is 39.8 Å². The minimum Gasteiger partial charge on any atom is -0.497 e. The van der Waals surface area contributed by atoms with E-state index < -0.39 is 0 Å². The molecule has 0 atom stereocenters. The Balaban J connectivity index is 2.17. The highest BCUT2D eigenvalue weighted by atomic mass is 32.1. The lowest BCUT2D eigenvalue weighted by atomic mass is 10.1. The number of carbonyl (C=O) groups is 1. The van der Waals surface area contributed by atoms with Gasteiger partial charge in [-0.3, -0.25) is 4.79 Å². The molecule has 1 aromatic heterocycles. The summed E-state index contributed by atoms with van der Waals surface area (Å²) < 4.78 is 5.13. The van der Waals surface area contributed by atoms with Gasteiger partial charge in [-0.15, -0.1) is 11.3 Å². The van der Waals surface area contributed by atoms with Crippen LogP contribution in [0.25, 0.3) is 0 Å². The predicted molar refractivity (Wildman–Crippen MR) is 80.1 cm³/mol. The van der Waals surface area contributed by atoms with E-state index in [2.05, 4.69) is 4.98 Å². The Morgan fingerprint density at radius 1 is 1.50 bits per heavy atom. The second kappa shape index (κ2) is 5.92. The summed E-state index contributed by atoms with van der Waals surface area (Å²) in [6.07, 6.45) is 1.79. The van der Waals surface area contributed by atoms with E-state index in [4.69, 9.17) is 10.5 Å². The van der Waals surface area contributed by atoms with Crippen molar-refractivity contribution >= 4 is 22.9 Å². The Bertz CT molecular complexity index is 625. The highest BCUT2D eigenvalue weighted by molar-refractivity contribution is 7.11. The maximum Gasteiger partial charge on any atom is 0.256 e. The van der Waals surface area contributed by atoms with Crippen molar-refractivity contribution in [2.24, 2.45) is 0 Å². The number of ether oxygens (including phenoxy) is 1. The molecule has 0 radical (unpaired) electrons. The Labute approximate surface area is 122 Å². The first kappa shape index (κ1) is 14.3. The molecule has 0 saturated carbocycles. The fourth-order valence-electron chi connectivity index (χ4n) is 1.84. The number of nitrogens with two attached hydrogens (primary N) is 1. The molecule has 2 rings (SSSR count). The lowest BCUT2D eigenvalue weighted by molar-refractivity contribution is 0.0787. The fourth-order valence-corrected chi connectivity index (χ4v) is 2.69. The molecule has 0 unspecified atom stereocenters. The Kier molecular flexibility index (Phi) is 4.24. The Hall–Kier alpha value is -2.08. The number of rotatable bonds is 4. The van der Waals surface area contributed by atoms with Crippen LogP contribution in [0.2, 0.25) is 0 Å². The van der Waals surface area contributed by atoms with Gasteiger partial charge in [0, 0.05) is 23.8 Å². The summed E-state index contributed by atoms with van der Waals surface area (Å²) in [6, 6.07) is 5.07. The van der Waals surface area contributed by atoms with E-state index in [1.54, 1.807) is 54.8 Å². The van der Waals surface area contributed by atoms with Gasteiger partial charge in [0.15, 0.2) is 0 Å². The summed E-state index contributed by atoms with van der Waals surface area (Å²) in [5.74, 6) is 0.483. The van der Waals surface area contributed by atoms with E-state index in [0.29, 0.717) is 23.5 Å². The summed E-state index contributed by atoms with van der Waals surface area (Å²) >= 11 is 1.58. The van der Waals surface area contributed by atoms with E-state index in [-0.39, 0.29) is 5.91 Å². The molecule has 6 heteroatoms. The molecule has 1 aromatic carbocycles. The zero-order chi connectivity index (χ0) is 14.7. The third-order valence-corrected chi connectivity index (χ3v) is 3.80. The van der Waals surface area contributed by atoms with Crippen LogP contribution < -0.4 is 10.5 Å². The molecule has 106 valence electrons. The minimum atomic E-state index is -0.132. The first-order chi connectivity index (χ1) is 9.51. The molecular formula is C14H17N3O2S. The zero-order valence-electron chi connectivity index (χ0n) is 11.7. The van der Waals surface area contributed by atoms with E-state index in [1.807, 2.05) is 6.92 Å². The van der Waals surface area contributed by atoms with Crippen LogP contribution in [0, 0.1) is 6.92 Å². The third-order valence-electron chi connectivity index (χ3n) is 2.90. The van der Waals surface area contributed by atoms with Gasteiger partial charge in [-0.25, -0.2) is 4.98 Å². The van der Waals surface area contributed by atoms with Gasteiger partial charge < -0.3 is 15.4 Å². The average molecular weight is 291 g/mol. The smallest absolute Gasteiger partial charge is 0.256 e. The monoisotopic (exact) mass is 291 g/mol. The van der Waals surface area contributed by atoms with Gasteiger partial charge in [-0.2, -0.15) is 0 Å². The van der Waals surface area contributed by atoms with Gasteiger partial charge >= 0.3 is 0 Å². The SMILES string of the molecule is COc1ccc(N)c(C(=O)N(C)Cc2cnc(C)s2)c1. The van der Waals surface area contributed by atoms with Crippen LogP contribution in [0.15, 0.2) is 24.4 Å². The standard InChI is InChI=1S/C14H17N3O2S/c1-9-16-7-11(20-9)8-17(2)14(18)12-6-10(19-3)4-5-13(12)15/h4-7H,8,15H2,1-3H3. The number of amides is 1. The summed E-state index contributed by atoms with van der Waals surface area (Å²) in [6.45, 7) is 2.46. The highest BCUT2D eigenvalue weighted by Gasteiger charge is 2.16. The molecule has 0 aliphatic rings. The molecule has 1 amide bonds. The van der Waals surface area contributed by atoms with Crippen molar-refractivity contribution < 1.29 is 9.53 Å². The van der Waals surface area contributed by atoms with Crippen LogP contribution in [-0.2, 0) is 6.54 Å². The van der Waals surface area contributed by atoms with Gasteiger partial charge in [-0.1, -0.05) is 0 Å². The molecule has 2 N–H and O–H groups in total. The number of aryl methyl sites for hydroxylation is 1. The molecule has 0 saturated heterocycles. The number of hydrogen-bond donors (Lipinski definition) is 1. The molecular weight excluding hydrogens is 274 g/mol. The number of carbonyl (C=O) groups excluding carboxylic acids is 1. The summed E-state index contributed by atoms with van der Waals surface area (Å²) in [5, 5.41) is 0.988. The minimum absolute atomic E-state index is 0.132. The highest BCUT2D eigenvalue weighted by Crippen LogP contribution is 2.22. The fraction of sp³-hybridized carbons (Fsp3) is 0.286. The van der Waals surface area contributed by atoms with Crippen LogP contribution >= 0.6 is 11.3 Å². The van der Waals surface area contributed by atoms with E-state index >= 15 is 0 Å². The number of anilines is 1. The molecule has 2 aromatic rings. The number of benzene rings is 1. The Morgan fingerprint density at radius 2 is 2.25 bits per heavy atom. The van der Waals surface area contributed by atoms with Crippen LogP contribution in [0.3, 0.4) is 0 Å². The Morgan fingerprint density at radius 3 is 2.85 bits per heavy atom. The van der Waals surface area contributed by atoms with E-state index in [9.17, 15) is 4.79 Å². The quantitative estimate of drug-likeness (QED) is 0.878. The van der Waals surface area contributed by atoms with Crippen molar-refractivity contribution in [3.8, 4) is 5.75 Å². The lowest BCUT2D eigenvalue weighted by Gasteiger charge is -2.17. The van der Waals surface area contributed by atoms with Crippen molar-refractivity contribution in [1.29, 1.82) is 0 Å². The molecule has 0 bridgehead atoms. The van der Waals surface area contributed by atoms with Crippen molar-refractivity contribution in [2.45, 2.75) is 13.5 Å². The predicted octanol–water partition coefficient (Wildman–Crippen LogP) is 2.31. The molecule has 20 heavy (non-hydrogen) atoms. The second-order valence-electron chi connectivity index (χ2n) is 4.46. The van der Waals surface area contributed by atoms with Gasteiger partial charge in [0.05, 0.1) is 24.2 Å². The van der Waals surface area contributed by atoms with Crippen LogP contribution in [-0.4, -0.2) is 29.9 Å². The number of hydrogen-bond acceptors (Lipinski definition) is 5. The third kappa shape index (κ3) is 3.08. The van der Waals surface area contributed by atoms with Gasteiger partial charge in [0.2, 0.25) is 0 Å². The van der Waals surface area contributed by atoms with Crippen molar-refractivity contribution in [1.82, 2.24) is 9.88 Å². The van der Waals surface area contributed by atoms with Crippen LogP contribution in [0.5, 0.6) is 5.75 Å². The van der Waals surface area contributed by atoms with Crippen LogP contribution in [0.1, 0.15) is 20.2 Å². The zero-order valence-corrected chi connectivity index (χ0v) is 12.5. The molecule has 0 aliphatic heterocycles. The lowest BCUT2D eigenvalue weighted by Crippen LogP contribution is -2.26. The first-order valence-electron chi connectivity index (χ1n) is 6.11. The molecule has 5 nitrogen and oxygen atoms in total. The topological polar surface area (TPSA) is 68.5 Å². The number of nitrogens with zero attached hydrogens (tertiary/aromatic N) is 2. The molecule has 1 heterocycles. The largest absolute Gasteiger partial charge is 0.497 e. The van der Waals surface area contributed by atoms with E-state index in [0.717, 1.165) is 9.88 Å². The number of aromatic nitrogens is 1. The number of methoxy groups -OCH3 is 1. The second-order valence-corrected chi connectivity index (χ2v) is 5.78. The molecule has 0 fully saturated rings. The average Bonchev–Trinajstić information content (AvgIpc) is 2.84. The first-order valence-corrected chi connectivity index (χ1v) is 6.93. The van der Waals surface area contributed by atoms with Gasteiger partial charge in [-0.05, 0) is 25.1 Å². The summed E-state index contributed by atoms with van der Waals surface area (Å²) in [7, 11) is 3.31. The van der Waals surface area contributed by atoms with Gasteiger partial charge in [0.1, 0.15) is 5.75 Å². The number of thiazole rings is 1. The summed E-state index contributed by atoms with van der Waals surface area (Å²) in [5.41, 5.74) is 6.77. The van der Waals surface area contributed by atoms with Crippen molar-refractivity contribution in [2.75, 3.05) is 19.9 Å². The van der Waals surface area contributed by atoms with Crippen LogP contribution in [0.4, 0.5) is 5.69 Å². The maximum absolute atomic E-state index is 12.4. The molecule has 0 aliphatic carbocycles. The maximum atomic E-state index is 12.4.